The zero-order valence-electron chi connectivity index (χ0n) is 9.88. The first kappa shape index (κ1) is 12.7. The molecule has 16 heavy (non-hydrogen) atoms. The molecule has 5 heteroatoms. The van der Waals surface area contributed by atoms with Crippen LogP contribution in [0.1, 0.15) is 31.1 Å². The number of amides is 2. The fraction of sp³-hybridized carbons (Fsp3) is 0.455. The lowest BCUT2D eigenvalue weighted by atomic mass is 9.96. The van der Waals surface area contributed by atoms with Crippen LogP contribution in [0.3, 0.4) is 0 Å². The topological polar surface area (TPSA) is 58.2 Å². The molecule has 2 N–H and O–H groups in total. The molecule has 2 amide bonds. The van der Waals surface area contributed by atoms with Crippen molar-refractivity contribution in [3.8, 4) is 0 Å². The summed E-state index contributed by atoms with van der Waals surface area (Å²) >= 11 is 1.34. The van der Waals surface area contributed by atoms with Crippen molar-refractivity contribution in [3.63, 3.8) is 0 Å². The lowest BCUT2D eigenvalue weighted by molar-refractivity contribution is -0.123. The van der Waals surface area contributed by atoms with Gasteiger partial charge in [-0.15, -0.1) is 11.3 Å². The fourth-order valence-electron chi connectivity index (χ4n) is 1.01. The Morgan fingerprint density at radius 1 is 1.31 bits per heavy atom. The van der Waals surface area contributed by atoms with Crippen molar-refractivity contribution in [1.82, 2.24) is 5.32 Å². The lowest BCUT2D eigenvalue weighted by Crippen LogP contribution is -2.28. The largest absolute Gasteiger partial charge is 0.355 e. The zero-order chi connectivity index (χ0) is 12.3. The van der Waals surface area contributed by atoms with Crippen molar-refractivity contribution in [1.29, 1.82) is 0 Å². The second-order valence-corrected chi connectivity index (χ2v) is 5.36. The van der Waals surface area contributed by atoms with Crippen molar-refractivity contribution in [2.45, 2.75) is 20.8 Å². The molecule has 0 aliphatic heterocycles. The number of anilines is 1. The van der Waals surface area contributed by atoms with Gasteiger partial charge in [-0.05, 0) is 11.4 Å². The van der Waals surface area contributed by atoms with Gasteiger partial charge in [0, 0.05) is 12.5 Å². The summed E-state index contributed by atoms with van der Waals surface area (Å²) in [6.07, 6.45) is 0. The third kappa shape index (κ3) is 2.82. The molecule has 4 nitrogen and oxygen atoms in total. The first-order valence-corrected chi connectivity index (χ1v) is 5.85. The molecule has 0 atom stereocenters. The molecule has 1 rings (SSSR count). The number of thiophene rings is 1. The predicted octanol–water partition coefficient (Wildman–Crippen LogP) is 2.09. The third-order valence-corrected chi connectivity index (χ3v) is 2.88. The van der Waals surface area contributed by atoms with E-state index in [9.17, 15) is 9.59 Å². The third-order valence-electron chi connectivity index (χ3n) is 2.05. The average molecular weight is 240 g/mol. The van der Waals surface area contributed by atoms with Gasteiger partial charge in [-0.1, -0.05) is 20.8 Å². The highest BCUT2D eigenvalue weighted by atomic mass is 32.1. The van der Waals surface area contributed by atoms with Gasteiger partial charge in [0.1, 0.15) is 5.00 Å². The van der Waals surface area contributed by atoms with Crippen LogP contribution in [0.4, 0.5) is 5.00 Å². The monoisotopic (exact) mass is 240 g/mol. The van der Waals surface area contributed by atoms with E-state index >= 15 is 0 Å². The van der Waals surface area contributed by atoms with Crippen LogP contribution in [-0.4, -0.2) is 18.9 Å². The molecule has 0 aliphatic rings. The number of carbonyl (C=O) groups excluding carboxylic acids is 2. The van der Waals surface area contributed by atoms with Gasteiger partial charge in [0.05, 0.1) is 5.56 Å². The van der Waals surface area contributed by atoms with E-state index in [4.69, 9.17) is 0 Å². The number of carbonyl (C=O) groups is 2. The first-order chi connectivity index (χ1) is 7.36. The van der Waals surface area contributed by atoms with Crippen molar-refractivity contribution in [2.24, 2.45) is 5.41 Å². The van der Waals surface area contributed by atoms with Crippen LogP contribution in [0.15, 0.2) is 11.4 Å². The Morgan fingerprint density at radius 2 is 1.94 bits per heavy atom. The number of rotatable bonds is 2. The molecule has 1 aromatic rings. The van der Waals surface area contributed by atoms with E-state index in [0.717, 1.165) is 0 Å². The second-order valence-electron chi connectivity index (χ2n) is 4.45. The summed E-state index contributed by atoms with van der Waals surface area (Å²) in [5, 5.41) is 7.68. The molecular formula is C11H16N2O2S. The van der Waals surface area contributed by atoms with E-state index in [1.807, 2.05) is 20.8 Å². The van der Waals surface area contributed by atoms with Gasteiger partial charge in [-0.2, -0.15) is 0 Å². The molecule has 0 radical (unpaired) electrons. The molecule has 0 saturated heterocycles. The van der Waals surface area contributed by atoms with E-state index in [1.54, 1.807) is 18.5 Å². The van der Waals surface area contributed by atoms with Gasteiger partial charge in [-0.3, -0.25) is 9.59 Å². The van der Waals surface area contributed by atoms with Crippen molar-refractivity contribution >= 4 is 28.2 Å². The highest BCUT2D eigenvalue weighted by Crippen LogP contribution is 2.25. The average Bonchev–Trinajstić information content (AvgIpc) is 2.63. The van der Waals surface area contributed by atoms with Gasteiger partial charge in [0.2, 0.25) is 5.91 Å². The SMILES string of the molecule is CNC(=O)c1ccsc1NC(=O)C(C)(C)C. The summed E-state index contributed by atoms with van der Waals surface area (Å²) in [5.41, 5.74) is 0.0364. The van der Waals surface area contributed by atoms with E-state index in [1.165, 1.54) is 11.3 Å². The van der Waals surface area contributed by atoms with Crippen LogP contribution in [0.25, 0.3) is 0 Å². The summed E-state index contributed by atoms with van der Waals surface area (Å²) in [6, 6.07) is 1.70. The molecular weight excluding hydrogens is 224 g/mol. The Kier molecular flexibility index (Phi) is 3.70. The van der Waals surface area contributed by atoms with Gasteiger partial charge >= 0.3 is 0 Å². The van der Waals surface area contributed by atoms with Crippen molar-refractivity contribution < 1.29 is 9.59 Å². The minimum Gasteiger partial charge on any atom is -0.355 e. The predicted molar refractivity (Wildman–Crippen MR) is 65.8 cm³/mol. The maximum atomic E-state index is 11.8. The van der Waals surface area contributed by atoms with Crippen LogP contribution in [0.2, 0.25) is 0 Å². The van der Waals surface area contributed by atoms with Gasteiger partial charge in [0.25, 0.3) is 5.91 Å². The van der Waals surface area contributed by atoms with Gasteiger partial charge in [0.15, 0.2) is 0 Å². The molecule has 0 saturated carbocycles. The Labute approximate surface area is 99.0 Å². The molecule has 1 heterocycles. The smallest absolute Gasteiger partial charge is 0.254 e. The molecule has 0 bridgehead atoms. The van der Waals surface area contributed by atoms with Crippen LogP contribution in [-0.2, 0) is 4.79 Å². The van der Waals surface area contributed by atoms with Crippen LogP contribution in [0.5, 0.6) is 0 Å². The molecule has 88 valence electrons. The quantitative estimate of drug-likeness (QED) is 0.831. The number of hydrogen-bond donors (Lipinski definition) is 2. The molecule has 1 aromatic heterocycles. The number of hydrogen-bond acceptors (Lipinski definition) is 3. The van der Waals surface area contributed by atoms with Crippen molar-refractivity contribution in [3.05, 3.63) is 17.0 Å². The minimum absolute atomic E-state index is 0.0971. The summed E-state index contributed by atoms with van der Waals surface area (Å²) in [7, 11) is 1.56. The minimum atomic E-state index is -0.468. The maximum Gasteiger partial charge on any atom is 0.254 e. The maximum absolute atomic E-state index is 11.8. The van der Waals surface area contributed by atoms with E-state index in [0.29, 0.717) is 10.6 Å². The van der Waals surface area contributed by atoms with Gasteiger partial charge < -0.3 is 10.6 Å². The summed E-state index contributed by atoms with van der Waals surface area (Å²) in [6.45, 7) is 5.49. The molecule has 0 aromatic carbocycles. The molecule has 0 fully saturated rings. The summed E-state index contributed by atoms with van der Waals surface area (Å²) in [5.74, 6) is -0.287. The summed E-state index contributed by atoms with van der Waals surface area (Å²) < 4.78 is 0. The zero-order valence-corrected chi connectivity index (χ0v) is 10.7. The lowest BCUT2D eigenvalue weighted by Gasteiger charge is -2.17. The standard InChI is InChI=1S/C11H16N2O2S/c1-11(2,3)10(15)13-9-7(5-6-16-9)8(14)12-4/h5-6H,1-4H3,(H,12,14)(H,13,15). The highest BCUT2D eigenvalue weighted by molar-refractivity contribution is 7.14. The van der Waals surface area contributed by atoms with E-state index in [-0.39, 0.29) is 11.8 Å². The molecule has 0 unspecified atom stereocenters. The second kappa shape index (κ2) is 4.65. The van der Waals surface area contributed by atoms with Crippen LogP contribution >= 0.6 is 11.3 Å². The number of nitrogens with one attached hydrogen (secondary N) is 2. The first-order valence-electron chi connectivity index (χ1n) is 4.97. The van der Waals surface area contributed by atoms with Crippen LogP contribution < -0.4 is 10.6 Å². The highest BCUT2D eigenvalue weighted by Gasteiger charge is 2.23. The van der Waals surface area contributed by atoms with Gasteiger partial charge in [-0.25, -0.2) is 0 Å². The molecule has 0 aliphatic carbocycles. The Balaban J connectivity index is 2.87. The normalized spacial score (nSPS) is 11.0. The Hall–Kier alpha value is -1.36. The van der Waals surface area contributed by atoms with Crippen LogP contribution in [0, 0.1) is 5.41 Å². The summed E-state index contributed by atoms with van der Waals surface area (Å²) in [4.78, 5) is 23.2. The Morgan fingerprint density at radius 3 is 2.44 bits per heavy atom. The van der Waals surface area contributed by atoms with Crippen molar-refractivity contribution in [2.75, 3.05) is 12.4 Å². The molecule has 0 spiro atoms. The van der Waals surface area contributed by atoms with E-state index in [2.05, 4.69) is 10.6 Å². The fourth-order valence-corrected chi connectivity index (χ4v) is 1.79. The van der Waals surface area contributed by atoms with E-state index < -0.39 is 5.41 Å². The Bertz CT molecular complexity index is 404.